The van der Waals surface area contributed by atoms with E-state index in [2.05, 4.69) is 15.9 Å². The standard InChI is InChI=1S/C14H17BrClNO3/c1-17(7-9-4-11(18)5-9)14(19)8-20-13-3-2-10(16)6-12(13)15/h2-3,6,9,11,18H,4-5,7-8H2,1H3. The molecular formula is C14H17BrClNO3. The molecule has 4 nitrogen and oxygen atoms in total. The number of amides is 1. The number of aliphatic hydroxyl groups is 1. The molecule has 1 aromatic rings. The summed E-state index contributed by atoms with van der Waals surface area (Å²) in [6, 6.07) is 5.16. The number of carbonyl (C=O) groups excluding carboxylic acids is 1. The first-order valence-electron chi connectivity index (χ1n) is 6.45. The minimum Gasteiger partial charge on any atom is -0.483 e. The average molecular weight is 363 g/mol. The van der Waals surface area contributed by atoms with Gasteiger partial charge in [0.05, 0.1) is 10.6 Å². The summed E-state index contributed by atoms with van der Waals surface area (Å²) >= 11 is 9.18. The molecule has 0 spiro atoms. The molecule has 1 N–H and O–H groups in total. The maximum atomic E-state index is 11.9. The molecule has 110 valence electrons. The van der Waals surface area contributed by atoms with E-state index in [1.807, 2.05) is 0 Å². The third-order valence-electron chi connectivity index (χ3n) is 3.41. The normalized spacial score (nSPS) is 21.2. The van der Waals surface area contributed by atoms with Gasteiger partial charge in [-0.1, -0.05) is 11.6 Å². The second-order valence-electron chi connectivity index (χ2n) is 5.13. The van der Waals surface area contributed by atoms with Gasteiger partial charge in [0.25, 0.3) is 5.91 Å². The lowest BCUT2D eigenvalue weighted by atomic mass is 9.82. The molecule has 1 fully saturated rings. The highest BCUT2D eigenvalue weighted by molar-refractivity contribution is 9.10. The summed E-state index contributed by atoms with van der Waals surface area (Å²) in [5.41, 5.74) is 0. The van der Waals surface area contributed by atoms with E-state index in [1.165, 1.54) is 0 Å². The summed E-state index contributed by atoms with van der Waals surface area (Å²) in [6.07, 6.45) is 1.37. The molecule has 0 saturated heterocycles. The Morgan fingerprint density at radius 1 is 1.55 bits per heavy atom. The predicted molar refractivity (Wildman–Crippen MR) is 81.0 cm³/mol. The molecule has 6 heteroatoms. The van der Waals surface area contributed by atoms with Gasteiger partial charge >= 0.3 is 0 Å². The largest absolute Gasteiger partial charge is 0.483 e. The van der Waals surface area contributed by atoms with Gasteiger partial charge in [0, 0.05) is 18.6 Å². The molecular weight excluding hydrogens is 346 g/mol. The van der Waals surface area contributed by atoms with Gasteiger partial charge in [0.15, 0.2) is 6.61 Å². The van der Waals surface area contributed by atoms with E-state index >= 15 is 0 Å². The minimum atomic E-state index is -0.190. The number of aliphatic hydroxyl groups excluding tert-OH is 1. The van der Waals surface area contributed by atoms with Crippen LogP contribution in [0.3, 0.4) is 0 Å². The monoisotopic (exact) mass is 361 g/mol. The molecule has 1 amide bonds. The molecule has 0 atom stereocenters. The van der Waals surface area contributed by atoms with Crippen LogP contribution in [0.25, 0.3) is 0 Å². The molecule has 1 aliphatic rings. The summed E-state index contributed by atoms with van der Waals surface area (Å²) in [5, 5.41) is 9.84. The lowest BCUT2D eigenvalue weighted by molar-refractivity contribution is -0.133. The Labute approximate surface area is 131 Å². The summed E-state index contributed by atoms with van der Waals surface area (Å²) in [4.78, 5) is 13.6. The van der Waals surface area contributed by atoms with E-state index in [1.54, 1.807) is 30.1 Å². The van der Waals surface area contributed by atoms with Crippen molar-refractivity contribution in [2.24, 2.45) is 5.92 Å². The molecule has 1 aromatic carbocycles. The lowest BCUT2D eigenvalue weighted by Crippen LogP contribution is -2.41. The Hall–Kier alpha value is -0.780. The van der Waals surface area contributed by atoms with Gasteiger partial charge < -0.3 is 14.7 Å². The van der Waals surface area contributed by atoms with Gasteiger partial charge in [-0.05, 0) is 52.9 Å². The quantitative estimate of drug-likeness (QED) is 0.876. The third kappa shape index (κ3) is 4.11. The molecule has 1 saturated carbocycles. The average Bonchev–Trinajstić information content (AvgIpc) is 2.35. The van der Waals surface area contributed by atoms with Gasteiger partial charge in [-0.15, -0.1) is 0 Å². The van der Waals surface area contributed by atoms with E-state index in [0.717, 1.165) is 17.3 Å². The summed E-state index contributed by atoms with van der Waals surface area (Å²) in [5.74, 6) is 0.921. The fourth-order valence-corrected chi connectivity index (χ4v) is 2.98. The van der Waals surface area contributed by atoms with Crippen molar-refractivity contribution in [1.82, 2.24) is 4.90 Å². The molecule has 0 unspecified atom stereocenters. The zero-order valence-corrected chi connectivity index (χ0v) is 13.5. The molecule has 0 radical (unpaired) electrons. The molecule has 1 aliphatic carbocycles. The zero-order chi connectivity index (χ0) is 14.7. The van der Waals surface area contributed by atoms with Gasteiger partial charge in [-0.25, -0.2) is 0 Å². The van der Waals surface area contributed by atoms with Crippen LogP contribution in [0.1, 0.15) is 12.8 Å². The lowest BCUT2D eigenvalue weighted by Gasteiger charge is -2.34. The number of hydrogen-bond donors (Lipinski definition) is 1. The van der Waals surface area contributed by atoms with Crippen molar-refractivity contribution < 1.29 is 14.6 Å². The maximum absolute atomic E-state index is 11.9. The summed E-state index contributed by atoms with van der Waals surface area (Å²) in [6.45, 7) is 0.660. The maximum Gasteiger partial charge on any atom is 0.260 e. The first-order chi connectivity index (χ1) is 9.45. The Kier molecular flexibility index (Phi) is 5.29. The first-order valence-corrected chi connectivity index (χ1v) is 7.62. The van der Waals surface area contributed by atoms with Crippen LogP contribution < -0.4 is 4.74 Å². The van der Waals surface area contributed by atoms with Crippen LogP contribution in [-0.4, -0.2) is 42.2 Å². The van der Waals surface area contributed by atoms with Crippen molar-refractivity contribution in [3.8, 4) is 5.75 Å². The van der Waals surface area contributed by atoms with E-state index < -0.39 is 0 Å². The second-order valence-corrected chi connectivity index (χ2v) is 6.42. The molecule has 2 rings (SSSR count). The van der Waals surface area contributed by atoms with Crippen molar-refractivity contribution in [3.05, 3.63) is 27.7 Å². The molecule has 0 heterocycles. The third-order valence-corrected chi connectivity index (χ3v) is 4.27. The highest BCUT2D eigenvalue weighted by Crippen LogP contribution is 2.29. The number of hydrogen-bond acceptors (Lipinski definition) is 3. The number of rotatable bonds is 5. The van der Waals surface area contributed by atoms with Crippen molar-refractivity contribution in [3.63, 3.8) is 0 Å². The van der Waals surface area contributed by atoms with Crippen molar-refractivity contribution >= 4 is 33.4 Å². The van der Waals surface area contributed by atoms with E-state index in [0.29, 0.717) is 23.2 Å². The van der Waals surface area contributed by atoms with Crippen LogP contribution in [-0.2, 0) is 4.79 Å². The van der Waals surface area contributed by atoms with Gasteiger partial charge in [0.1, 0.15) is 5.75 Å². The van der Waals surface area contributed by atoms with Crippen LogP contribution in [0.15, 0.2) is 22.7 Å². The summed E-state index contributed by atoms with van der Waals surface area (Å²) in [7, 11) is 1.76. The number of nitrogens with zero attached hydrogens (tertiary/aromatic N) is 1. The second kappa shape index (κ2) is 6.78. The van der Waals surface area contributed by atoms with Crippen LogP contribution >= 0.6 is 27.5 Å². The van der Waals surface area contributed by atoms with Gasteiger partial charge in [0.2, 0.25) is 0 Å². The van der Waals surface area contributed by atoms with Crippen LogP contribution in [0, 0.1) is 5.92 Å². The SMILES string of the molecule is CN(CC1CC(O)C1)C(=O)COc1ccc(Cl)cc1Br. The van der Waals surface area contributed by atoms with E-state index in [9.17, 15) is 9.90 Å². The highest BCUT2D eigenvalue weighted by atomic mass is 79.9. The molecule has 0 bridgehead atoms. The Bertz CT molecular complexity index is 491. The molecule has 0 aliphatic heterocycles. The van der Waals surface area contributed by atoms with Crippen LogP contribution in [0.5, 0.6) is 5.75 Å². The fourth-order valence-electron chi connectivity index (χ4n) is 2.18. The zero-order valence-electron chi connectivity index (χ0n) is 11.2. The Balaban J connectivity index is 1.79. The smallest absolute Gasteiger partial charge is 0.260 e. The first kappa shape index (κ1) is 15.6. The van der Waals surface area contributed by atoms with Gasteiger partial charge in [-0.2, -0.15) is 0 Å². The van der Waals surface area contributed by atoms with Crippen LogP contribution in [0.4, 0.5) is 0 Å². The van der Waals surface area contributed by atoms with Crippen molar-refractivity contribution in [2.45, 2.75) is 18.9 Å². The fraction of sp³-hybridized carbons (Fsp3) is 0.500. The Morgan fingerprint density at radius 3 is 2.85 bits per heavy atom. The number of halogens is 2. The highest BCUT2D eigenvalue weighted by Gasteiger charge is 2.29. The van der Waals surface area contributed by atoms with E-state index in [-0.39, 0.29) is 18.6 Å². The molecule has 0 aromatic heterocycles. The molecule has 20 heavy (non-hydrogen) atoms. The van der Waals surface area contributed by atoms with E-state index in [4.69, 9.17) is 16.3 Å². The van der Waals surface area contributed by atoms with Crippen LogP contribution in [0.2, 0.25) is 5.02 Å². The van der Waals surface area contributed by atoms with Crippen molar-refractivity contribution in [1.29, 1.82) is 0 Å². The number of benzene rings is 1. The number of likely N-dealkylation sites (N-methyl/N-ethyl adjacent to an activating group) is 1. The summed E-state index contributed by atoms with van der Waals surface area (Å²) < 4.78 is 6.21. The topological polar surface area (TPSA) is 49.8 Å². The van der Waals surface area contributed by atoms with Gasteiger partial charge in [-0.3, -0.25) is 4.79 Å². The minimum absolute atomic E-state index is 0.00793. The predicted octanol–water partition coefficient (Wildman–Crippen LogP) is 2.71. The van der Waals surface area contributed by atoms with Crippen molar-refractivity contribution in [2.75, 3.05) is 20.2 Å². The number of ether oxygens (including phenoxy) is 1. The number of carbonyl (C=O) groups is 1. The Morgan fingerprint density at radius 2 is 2.25 bits per heavy atom.